The van der Waals surface area contributed by atoms with Crippen molar-refractivity contribution in [1.82, 2.24) is 19.8 Å². The van der Waals surface area contributed by atoms with Gasteiger partial charge >= 0.3 is 0 Å². The van der Waals surface area contributed by atoms with Crippen LogP contribution in [0.5, 0.6) is 0 Å². The number of hydrogen-bond acceptors (Lipinski definition) is 5. The van der Waals surface area contributed by atoms with E-state index in [1.807, 2.05) is 4.90 Å². The van der Waals surface area contributed by atoms with Gasteiger partial charge in [-0.25, -0.2) is 9.07 Å². The number of nitrogens with zero attached hydrogens (tertiary/aromatic N) is 4. The van der Waals surface area contributed by atoms with Gasteiger partial charge in [0.2, 0.25) is 11.1 Å². The molecule has 2 heterocycles. The highest BCUT2D eigenvalue weighted by Gasteiger charge is 2.25. The summed E-state index contributed by atoms with van der Waals surface area (Å²) in [5, 5.41) is 8.50. The van der Waals surface area contributed by atoms with E-state index in [1.165, 1.54) is 35.0 Å². The SMILES string of the molecule is CC[C@H]1CCCCN1C(=O)CSc1nnc(-c2cccc(F)c2)n1N. The molecule has 2 N–H and O–H groups in total. The summed E-state index contributed by atoms with van der Waals surface area (Å²) in [5.74, 6) is 6.42. The van der Waals surface area contributed by atoms with Crippen LogP contribution in [0.15, 0.2) is 29.4 Å². The van der Waals surface area contributed by atoms with Crippen molar-refractivity contribution in [2.75, 3.05) is 18.1 Å². The number of halogens is 1. The topological polar surface area (TPSA) is 77.0 Å². The van der Waals surface area contributed by atoms with Gasteiger partial charge in [-0.15, -0.1) is 10.2 Å². The molecule has 3 rings (SSSR count). The van der Waals surface area contributed by atoms with Crippen molar-refractivity contribution in [2.24, 2.45) is 0 Å². The number of hydrogen-bond donors (Lipinski definition) is 1. The van der Waals surface area contributed by atoms with Crippen LogP contribution in [0, 0.1) is 5.82 Å². The number of carbonyl (C=O) groups is 1. The molecule has 0 spiro atoms. The molecule has 1 amide bonds. The highest BCUT2D eigenvalue weighted by molar-refractivity contribution is 7.99. The molecule has 6 nitrogen and oxygen atoms in total. The zero-order valence-electron chi connectivity index (χ0n) is 14.2. The lowest BCUT2D eigenvalue weighted by Gasteiger charge is -2.35. The molecule has 1 fully saturated rings. The zero-order valence-corrected chi connectivity index (χ0v) is 15.0. The molecule has 0 saturated carbocycles. The van der Waals surface area contributed by atoms with E-state index in [4.69, 9.17) is 5.84 Å². The van der Waals surface area contributed by atoms with Crippen LogP contribution in [-0.2, 0) is 4.79 Å². The zero-order chi connectivity index (χ0) is 17.8. The van der Waals surface area contributed by atoms with Gasteiger partial charge in [-0.05, 0) is 37.8 Å². The lowest BCUT2D eigenvalue weighted by Crippen LogP contribution is -2.44. The fourth-order valence-electron chi connectivity index (χ4n) is 3.16. The summed E-state index contributed by atoms with van der Waals surface area (Å²) < 4.78 is 14.7. The number of carbonyl (C=O) groups excluding carboxylic acids is 1. The van der Waals surface area contributed by atoms with Crippen LogP contribution in [0.2, 0.25) is 0 Å². The van der Waals surface area contributed by atoms with E-state index < -0.39 is 0 Å². The van der Waals surface area contributed by atoms with E-state index in [-0.39, 0.29) is 17.5 Å². The summed E-state index contributed by atoms with van der Waals surface area (Å²) in [5.41, 5.74) is 0.551. The molecule has 25 heavy (non-hydrogen) atoms. The fourth-order valence-corrected chi connectivity index (χ4v) is 3.90. The lowest BCUT2D eigenvalue weighted by molar-refractivity contribution is -0.132. The first kappa shape index (κ1) is 17.7. The maximum atomic E-state index is 13.4. The van der Waals surface area contributed by atoms with Gasteiger partial charge < -0.3 is 10.7 Å². The van der Waals surface area contributed by atoms with Crippen molar-refractivity contribution >= 4 is 17.7 Å². The van der Waals surface area contributed by atoms with Gasteiger partial charge in [0.1, 0.15) is 5.82 Å². The summed E-state index contributed by atoms with van der Waals surface area (Å²) in [4.78, 5) is 14.5. The first-order chi connectivity index (χ1) is 12.1. The summed E-state index contributed by atoms with van der Waals surface area (Å²) in [6, 6.07) is 6.36. The number of benzene rings is 1. The molecule has 1 aliphatic rings. The molecule has 0 unspecified atom stereocenters. The number of rotatable bonds is 5. The van der Waals surface area contributed by atoms with Crippen LogP contribution in [0.25, 0.3) is 11.4 Å². The highest BCUT2D eigenvalue weighted by Crippen LogP contribution is 2.24. The molecule has 1 atom stereocenters. The second-order valence-electron chi connectivity index (χ2n) is 6.12. The fraction of sp³-hybridized carbons (Fsp3) is 0.471. The summed E-state index contributed by atoms with van der Waals surface area (Å²) >= 11 is 1.26. The third kappa shape index (κ3) is 3.95. The average molecular weight is 363 g/mol. The summed E-state index contributed by atoms with van der Waals surface area (Å²) in [6.07, 6.45) is 4.30. The minimum atomic E-state index is -0.361. The normalized spacial score (nSPS) is 17.7. The van der Waals surface area contributed by atoms with Crippen LogP contribution in [0.3, 0.4) is 0 Å². The summed E-state index contributed by atoms with van der Waals surface area (Å²) in [7, 11) is 0. The number of nitrogens with two attached hydrogens (primary N) is 1. The maximum absolute atomic E-state index is 13.4. The summed E-state index contributed by atoms with van der Waals surface area (Å²) in [6.45, 7) is 2.94. The quantitative estimate of drug-likeness (QED) is 0.653. The van der Waals surface area contributed by atoms with E-state index in [1.54, 1.807) is 12.1 Å². The van der Waals surface area contributed by atoms with E-state index in [9.17, 15) is 9.18 Å². The molecule has 1 aromatic heterocycles. The van der Waals surface area contributed by atoms with Crippen LogP contribution in [-0.4, -0.2) is 44.0 Å². The Labute approximate surface area is 150 Å². The van der Waals surface area contributed by atoms with Gasteiger partial charge in [-0.3, -0.25) is 4.79 Å². The Kier molecular flexibility index (Phi) is 5.57. The Morgan fingerprint density at radius 2 is 2.24 bits per heavy atom. The molecule has 0 bridgehead atoms. The minimum absolute atomic E-state index is 0.104. The highest BCUT2D eigenvalue weighted by atomic mass is 32.2. The molecule has 1 saturated heterocycles. The standard InChI is InChI=1S/C17H22FN5OS/c1-2-14-8-3-4-9-22(14)15(24)11-25-17-21-20-16(23(17)19)12-6-5-7-13(18)10-12/h5-7,10,14H,2-4,8-9,11,19H2,1H3/t14-/m0/s1. The first-order valence-corrected chi connectivity index (χ1v) is 9.47. The third-order valence-corrected chi connectivity index (χ3v) is 5.42. The van der Waals surface area contributed by atoms with Crippen LogP contribution < -0.4 is 5.84 Å². The van der Waals surface area contributed by atoms with Gasteiger partial charge in [-0.2, -0.15) is 0 Å². The van der Waals surface area contributed by atoms with E-state index in [0.717, 1.165) is 25.8 Å². The van der Waals surface area contributed by atoms with Crippen molar-refractivity contribution in [3.8, 4) is 11.4 Å². The molecule has 1 aromatic carbocycles. The van der Waals surface area contributed by atoms with Gasteiger partial charge in [0.25, 0.3) is 0 Å². The van der Waals surface area contributed by atoms with Gasteiger partial charge in [0.15, 0.2) is 5.82 Å². The van der Waals surface area contributed by atoms with Crippen molar-refractivity contribution in [1.29, 1.82) is 0 Å². The van der Waals surface area contributed by atoms with Crippen molar-refractivity contribution in [2.45, 2.75) is 43.8 Å². The third-order valence-electron chi connectivity index (χ3n) is 4.49. The Morgan fingerprint density at radius 3 is 3.00 bits per heavy atom. The Morgan fingerprint density at radius 1 is 1.40 bits per heavy atom. The van der Waals surface area contributed by atoms with Gasteiger partial charge in [0.05, 0.1) is 5.75 Å². The molecule has 134 valence electrons. The van der Waals surface area contributed by atoms with E-state index >= 15 is 0 Å². The van der Waals surface area contributed by atoms with Crippen molar-refractivity contribution in [3.63, 3.8) is 0 Å². The number of piperidine rings is 1. The van der Waals surface area contributed by atoms with Crippen molar-refractivity contribution < 1.29 is 9.18 Å². The van der Waals surface area contributed by atoms with Gasteiger partial charge in [-0.1, -0.05) is 30.8 Å². The van der Waals surface area contributed by atoms with Crippen LogP contribution in [0.4, 0.5) is 4.39 Å². The molecule has 2 aromatic rings. The number of aromatic nitrogens is 3. The smallest absolute Gasteiger partial charge is 0.233 e. The van der Waals surface area contributed by atoms with Crippen molar-refractivity contribution in [3.05, 3.63) is 30.1 Å². The first-order valence-electron chi connectivity index (χ1n) is 8.49. The Hall–Kier alpha value is -2.09. The molecule has 1 aliphatic heterocycles. The second kappa shape index (κ2) is 7.86. The van der Waals surface area contributed by atoms with E-state index in [2.05, 4.69) is 17.1 Å². The number of nitrogen functional groups attached to an aromatic ring is 1. The number of amides is 1. The lowest BCUT2D eigenvalue weighted by atomic mass is 10.0. The molecular weight excluding hydrogens is 341 g/mol. The monoisotopic (exact) mass is 363 g/mol. The largest absolute Gasteiger partial charge is 0.339 e. The molecule has 0 radical (unpaired) electrons. The maximum Gasteiger partial charge on any atom is 0.233 e. The Balaban J connectivity index is 1.67. The number of thioether (sulfide) groups is 1. The van der Waals surface area contributed by atoms with Crippen LogP contribution >= 0.6 is 11.8 Å². The van der Waals surface area contributed by atoms with Crippen LogP contribution in [0.1, 0.15) is 32.6 Å². The Bertz CT molecular complexity index is 750. The predicted molar refractivity (Wildman–Crippen MR) is 95.9 cm³/mol. The minimum Gasteiger partial charge on any atom is -0.339 e. The number of likely N-dealkylation sites (tertiary alicyclic amines) is 1. The molecular formula is C17H22FN5OS. The molecule has 0 aliphatic carbocycles. The van der Waals surface area contributed by atoms with Gasteiger partial charge in [0, 0.05) is 18.2 Å². The second-order valence-corrected chi connectivity index (χ2v) is 7.06. The predicted octanol–water partition coefficient (Wildman–Crippen LogP) is 2.68. The molecule has 8 heteroatoms. The average Bonchev–Trinajstić information content (AvgIpc) is 3.00. The van der Waals surface area contributed by atoms with E-state index in [0.29, 0.717) is 22.6 Å².